The third-order valence-corrected chi connectivity index (χ3v) is 5.63. The van der Waals surface area contributed by atoms with Gasteiger partial charge in [0.05, 0.1) is 0 Å². The summed E-state index contributed by atoms with van der Waals surface area (Å²) in [6.45, 7) is 2.16. The van der Waals surface area contributed by atoms with E-state index in [9.17, 15) is 4.79 Å². The maximum atomic E-state index is 12.7. The molecule has 2 aromatic heterocycles. The summed E-state index contributed by atoms with van der Waals surface area (Å²) in [5, 5.41) is 3.87. The number of carbonyl (C=O) groups excluding carboxylic acids is 1. The van der Waals surface area contributed by atoms with Gasteiger partial charge in [-0.2, -0.15) is 0 Å². The molecule has 0 atom stereocenters. The molecular formula is C21H15N3O3S. The molecule has 0 bridgehead atoms. The third-order valence-electron chi connectivity index (χ3n) is 4.61. The molecule has 0 fully saturated rings. The number of fused-ring (bicyclic) bond motifs is 2. The molecule has 2 aromatic carbocycles. The molecule has 3 heterocycles. The summed E-state index contributed by atoms with van der Waals surface area (Å²) in [4.78, 5) is 22.7. The number of aromatic nitrogens is 2. The highest BCUT2D eigenvalue weighted by atomic mass is 32.1. The summed E-state index contributed by atoms with van der Waals surface area (Å²) in [6, 6.07) is 14.8. The smallest absolute Gasteiger partial charge is 0.255 e. The first kappa shape index (κ1) is 16.7. The number of nitrogens with one attached hydrogen (secondary N) is 1. The van der Waals surface area contributed by atoms with E-state index in [0.717, 1.165) is 32.2 Å². The predicted octanol–water partition coefficient (Wildman–Crippen LogP) is 4.65. The molecule has 7 heteroatoms. The van der Waals surface area contributed by atoms with Crippen LogP contribution in [0.5, 0.6) is 11.5 Å². The number of nitrogens with zero attached hydrogens (tertiary/aromatic N) is 2. The largest absolute Gasteiger partial charge is 0.454 e. The lowest BCUT2D eigenvalue weighted by molar-refractivity contribution is 0.102. The Morgan fingerprint density at radius 1 is 1.11 bits per heavy atom. The zero-order valence-corrected chi connectivity index (χ0v) is 15.7. The van der Waals surface area contributed by atoms with Crippen LogP contribution in [0.1, 0.15) is 15.9 Å². The van der Waals surface area contributed by atoms with Gasteiger partial charge in [0.2, 0.25) is 6.79 Å². The van der Waals surface area contributed by atoms with Crippen molar-refractivity contribution in [2.24, 2.45) is 0 Å². The minimum absolute atomic E-state index is 0.179. The standard InChI is InChI=1S/C21H15N3O3S/c1-12-14(20-24-16-6-3-9-22-21(16)28-20)4-2-5-15(12)23-19(25)13-7-8-17-18(10-13)27-11-26-17/h2-10H,11H2,1H3,(H,23,25). The minimum atomic E-state index is -0.204. The maximum absolute atomic E-state index is 12.7. The van der Waals surface area contributed by atoms with Gasteiger partial charge in [0, 0.05) is 23.0 Å². The van der Waals surface area contributed by atoms with Gasteiger partial charge in [0.15, 0.2) is 11.5 Å². The normalized spacial score (nSPS) is 12.3. The predicted molar refractivity (Wildman–Crippen MR) is 108 cm³/mol. The number of anilines is 1. The average molecular weight is 389 g/mol. The lowest BCUT2D eigenvalue weighted by Crippen LogP contribution is -2.13. The van der Waals surface area contributed by atoms with E-state index in [1.165, 1.54) is 11.3 Å². The Hall–Kier alpha value is -3.45. The van der Waals surface area contributed by atoms with Crippen LogP contribution in [0.25, 0.3) is 20.9 Å². The van der Waals surface area contributed by atoms with Crippen molar-refractivity contribution < 1.29 is 14.3 Å². The minimum Gasteiger partial charge on any atom is -0.454 e. The highest BCUT2D eigenvalue weighted by molar-refractivity contribution is 7.21. The van der Waals surface area contributed by atoms with Gasteiger partial charge in [-0.05, 0) is 48.9 Å². The molecule has 0 saturated carbocycles. The zero-order chi connectivity index (χ0) is 19.1. The van der Waals surface area contributed by atoms with Crippen LogP contribution in [0.3, 0.4) is 0 Å². The SMILES string of the molecule is Cc1c(NC(=O)c2ccc3c(c2)OCO3)cccc1-c1nc2cccnc2s1. The van der Waals surface area contributed by atoms with Crippen LogP contribution in [0.15, 0.2) is 54.7 Å². The van der Waals surface area contributed by atoms with Gasteiger partial charge in [-0.3, -0.25) is 4.79 Å². The van der Waals surface area contributed by atoms with Crippen molar-refractivity contribution in [3.63, 3.8) is 0 Å². The van der Waals surface area contributed by atoms with E-state index < -0.39 is 0 Å². The Morgan fingerprint density at radius 3 is 2.89 bits per heavy atom. The van der Waals surface area contributed by atoms with Crippen LogP contribution in [0, 0.1) is 6.92 Å². The fraction of sp³-hybridized carbons (Fsp3) is 0.0952. The van der Waals surface area contributed by atoms with Crippen LogP contribution in [0.2, 0.25) is 0 Å². The van der Waals surface area contributed by atoms with Gasteiger partial charge >= 0.3 is 0 Å². The molecule has 138 valence electrons. The first-order valence-corrected chi connectivity index (χ1v) is 9.53. The summed E-state index contributed by atoms with van der Waals surface area (Å²) in [7, 11) is 0. The summed E-state index contributed by atoms with van der Waals surface area (Å²) in [6.07, 6.45) is 1.76. The van der Waals surface area contributed by atoms with Gasteiger partial charge in [-0.1, -0.05) is 23.5 Å². The second-order valence-corrected chi connectivity index (χ2v) is 7.32. The molecule has 0 radical (unpaired) electrons. The number of pyridine rings is 1. The second kappa shape index (κ2) is 6.61. The van der Waals surface area contributed by atoms with E-state index in [1.54, 1.807) is 24.4 Å². The Bertz CT molecular complexity index is 1190. The fourth-order valence-electron chi connectivity index (χ4n) is 3.12. The molecular weight excluding hydrogens is 374 g/mol. The number of ether oxygens (including phenoxy) is 2. The molecule has 4 aromatic rings. The third kappa shape index (κ3) is 2.86. The molecule has 1 amide bonds. The number of amides is 1. The van der Waals surface area contributed by atoms with Crippen LogP contribution in [-0.2, 0) is 0 Å². The van der Waals surface area contributed by atoms with Gasteiger partial charge in [0.1, 0.15) is 15.4 Å². The molecule has 0 aliphatic carbocycles. The Labute approximate surface area is 164 Å². The fourth-order valence-corrected chi connectivity index (χ4v) is 4.11. The van der Waals surface area contributed by atoms with E-state index in [-0.39, 0.29) is 12.7 Å². The average Bonchev–Trinajstić information content (AvgIpc) is 3.35. The van der Waals surface area contributed by atoms with Crippen molar-refractivity contribution >= 4 is 33.3 Å². The van der Waals surface area contributed by atoms with Gasteiger partial charge in [0.25, 0.3) is 5.91 Å². The summed E-state index contributed by atoms with van der Waals surface area (Å²) in [5.41, 5.74) is 4.06. The van der Waals surface area contributed by atoms with Crippen LogP contribution >= 0.6 is 11.3 Å². The van der Waals surface area contributed by atoms with Crippen LogP contribution in [0.4, 0.5) is 5.69 Å². The lowest BCUT2D eigenvalue weighted by Gasteiger charge is -2.11. The second-order valence-electron chi connectivity index (χ2n) is 6.35. The molecule has 28 heavy (non-hydrogen) atoms. The van der Waals surface area contributed by atoms with E-state index in [4.69, 9.17) is 9.47 Å². The molecule has 1 aliphatic heterocycles. The Kier molecular flexibility index (Phi) is 3.95. The van der Waals surface area contributed by atoms with Crippen molar-refractivity contribution in [3.8, 4) is 22.1 Å². The number of carbonyl (C=O) groups is 1. The number of hydrogen-bond donors (Lipinski definition) is 1. The Morgan fingerprint density at radius 2 is 2.00 bits per heavy atom. The number of hydrogen-bond acceptors (Lipinski definition) is 6. The summed E-state index contributed by atoms with van der Waals surface area (Å²) < 4.78 is 10.6. The first-order chi connectivity index (χ1) is 13.7. The number of rotatable bonds is 3. The number of benzene rings is 2. The van der Waals surface area contributed by atoms with Gasteiger partial charge in [-0.25, -0.2) is 9.97 Å². The van der Waals surface area contributed by atoms with Crippen molar-refractivity contribution in [1.82, 2.24) is 9.97 Å². The molecule has 6 nitrogen and oxygen atoms in total. The highest BCUT2D eigenvalue weighted by Crippen LogP contribution is 2.35. The van der Waals surface area contributed by atoms with Crippen molar-refractivity contribution in [1.29, 1.82) is 0 Å². The molecule has 0 saturated heterocycles. The Balaban J connectivity index is 1.46. The van der Waals surface area contributed by atoms with E-state index >= 15 is 0 Å². The molecule has 5 rings (SSSR count). The molecule has 0 unspecified atom stereocenters. The van der Waals surface area contributed by atoms with Crippen molar-refractivity contribution in [2.45, 2.75) is 6.92 Å². The van der Waals surface area contributed by atoms with Crippen LogP contribution < -0.4 is 14.8 Å². The van der Waals surface area contributed by atoms with Gasteiger partial charge in [-0.15, -0.1) is 0 Å². The van der Waals surface area contributed by atoms with Crippen molar-refractivity contribution in [2.75, 3.05) is 12.1 Å². The van der Waals surface area contributed by atoms with E-state index in [2.05, 4.69) is 15.3 Å². The summed E-state index contributed by atoms with van der Waals surface area (Å²) in [5.74, 6) is 1.03. The van der Waals surface area contributed by atoms with Crippen LogP contribution in [-0.4, -0.2) is 22.7 Å². The first-order valence-electron chi connectivity index (χ1n) is 8.71. The quantitative estimate of drug-likeness (QED) is 0.552. The highest BCUT2D eigenvalue weighted by Gasteiger charge is 2.18. The topological polar surface area (TPSA) is 73.3 Å². The maximum Gasteiger partial charge on any atom is 0.255 e. The zero-order valence-electron chi connectivity index (χ0n) is 14.9. The van der Waals surface area contributed by atoms with Crippen molar-refractivity contribution in [3.05, 3.63) is 65.9 Å². The van der Waals surface area contributed by atoms with E-state index in [0.29, 0.717) is 17.1 Å². The number of thiazole rings is 1. The van der Waals surface area contributed by atoms with E-state index in [1.807, 2.05) is 37.3 Å². The monoisotopic (exact) mass is 389 g/mol. The lowest BCUT2D eigenvalue weighted by atomic mass is 10.1. The molecule has 0 spiro atoms. The molecule has 1 N–H and O–H groups in total. The van der Waals surface area contributed by atoms with Gasteiger partial charge < -0.3 is 14.8 Å². The summed E-state index contributed by atoms with van der Waals surface area (Å²) >= 11 is 1.54. The molecule has 1 aliphatic rings.